The SMILES string of the molecule is COC1(OC)CC[C@@]2(OCC3CC3)[C@H]3Cc4ccc(OCc5ccccc5)c5c4[C@@]2(CCN3CC2CC2)C1O5. The minimum absolute atomic E-state index is 0.283. The van der Waals surface area contributed by atoms with Gasteiger partial charge < -0.3 is 23.7 Å². The number of hydrogen-bond donors (Lipinski definition) is 0. The van der Waals surface area contributed by atoms with Gasteiger partial charge in [0.2, 0.25) is 5.79 Å². The molecule has 4 atom stereocenters. The van der Waals surface area contributed by atoms with Crippen molar-refractivity contribution in [3.05, 3.63) is 59.2 Å². The Morgan fingerprint density at radius 3 is 2.46 bits per heavy atom. The van der Waals surface area contributed by atoms with Gasteiger partial charge in [0.15, 0.2) is 17.6 Å². The van der Waals surface area contributed by atoms with Crippen LogP contribution in [0.2, 0.25) is 0 Å². The molecule has 1 unspecified atom stereocenters. The summed E-state index contributed by atoms with van der Waals surface area (Å²) in [5, 5.41) is 0. The zero-order valence-electron chi connectivity index (χ0n) is 23.3. The van der Waals surface area contributed by atoms with Gasteiger partial charge in [-0.3, -0.25) is 4.90 Å². The molecule has 3 saturated carbocycles. The lowest BCUT2D eigenvalue weighted by Gasteiger charge is -2.67. The fourth-order valence-corrected chi connectivity index (χ4v) is 8.60. The molecule has 0 aromatic heterocycles. The van der Waals surface area contributed by atoms with Crippen molar-refractivity contribution in [1.82, 2.24) is 4.90 Å². The number of hydrogen-bond acceptors (Lipinski definition) is 6. The highest BCUT2D eigenvalue weighted by atomic mass is 16.7. The first-order valence-corrected chi connectivity index (χ1v) is 15.1. The zero-order valence-corrected chi connectivity index (χ0v) is 23.3. The van der Waals surface area contributed by atoms with Crippen LogP contribution < -0.4 is 9.47 Å². The number of ether oxygens (including phenoxy) is 5. The maximum atomic E-state index is 7.33. The molecule has 8 rings (SSSR count). The van der Waals surface area contributed by atoms with Crippen LogP contribution in [-0.4, -0.2) is 62.3 Å². The molecule has 2 aromatic carbocycles. The van der Waals surface area contributed by atoms with Gasteiger partial charge in [0, 0.05) is 38.8 Å². The molecule has 6 nitrogen and oxygen atoms in total. The van der Waals surface area contributed by atoms with Gasteiger partial charge in [-0.15, -0.1) is 0 Å². The fourth-order valence-electron chi connectivity index (χ4n) is 8.60. The molecule has 208 valence electrons. The van der Waals surface area contributed by atoms with E-state index in [0.717, 1.165) is 61.8 Å². The van der Waals surface area contributed by atoms with Crippen molar-refractivity contribution in [2.24, 2.45) is 11.8 Å². The lowest BCUT2D eigenvalue weighted by atomic mass is 9.47. The maximum absolute atomic E-state index is 7.33. The highest BCUT2D eigenvalue weighted by molar-refractivity contribution is 5.63. The monoisotopic (exact) mass is 531 g/mol. The number of methoxy groups -OCH3 is 2. The minimum Gasteiger partial charge on any atom is -0.485 e. The van der Waals surface area contributed by atoms with Crippen LogP contribution in [0.25, 0.3) is 0 Å². The van der Waals surface area contributed by atoms with E-state index in [1.54, 1.807) is 14.2 Å². The summed E-state index contributed by atoms with van der Waals surface area (Å²) in [6.07, 6.45) is 8.71. The van der Waals surface area contributed by atoms with Gasteiger partial charge >= 0.3 is 0 Å². The molecule has 2 heterocycles. The van der Waals surface area contributed by atoms with Crippen LogP contribution in [0.4, 0.5) is 0 Å². The molecule has 2 aliphatic heterocycles. The lowest BCUT2D eigenvalue weighted by Crippen LogP contribution is -2.80. The van der Waals surface area contributed by atoms with Crippen LogP contribution in [0.3, 0.4) is 0 Å². The molecule has 2 aromatic rings. The Balaban J connectivity index is 1.27. The molecular weight excluding hydrogens is 490 g/mol. The zero-order chi connectivity index (χ0) is 26.2. The smallest absolute Gasteiger partial charge is 0.206 e. The normalized spacial score (nSPS) is 33.9. The summed E-state index contributed by atoms with van der Waals surface area (Å²) in [5.41, 5.74) is 3.21. The van der Waals surface area contributed by atoms with Crippen LogP contribution >= 0.6 is 0 Å². The molecule has 4 aliphatic carbocycles. The predicted octanol–water partition coefficient (Wildman–Crippen LogP) is 5.25. The van der Waals surface area contributed by atoms with E-state index < -0.39 is 5.79 Å². The minimum atomic E-state index is -0.819. The van der Waals surface area contributed by atoms with E-state index in [-0.39, 0.29) is 17.1 Å². The van der Waals surface area contributed by atoms with E-state index in [9.17, 15) is 0 Å². The largest absolute Gasteiger partial charge is 0.485 e. The van der Waals surface area contributed by atoms with Gasteiger partial charge in [-0.05, 0) is 80.5 Å². The van der Waals surface area contributed by atoms with Crippen LogP contribution in [0.15, 0.2) is 42.5 Å². The van der Waals surface area contributed by atoms with Crippen molar-refractivity contribution in [1.29, 1.82) is 0 Å². The second-order valence-corrected chi connectivity index (χ2v) is 12.9. The molecule has 0 radical (unpaired) electrons. The second kappa shape index (κ2) is 8.94. The van der Waals surface area contributed by atoms with Gasteiger partial charge in [0.1, 0.15) is 6.61 Å². The maximum Gasteiger partial charge on any atom is 0.206 e. The van der Waals surface area contributed by atoms with E-state index in [0.29, 0.717) is 18.6 Å². The van der Waals surface area contributed by atoms with Crippen molar-refractivity contribution in [3.8, 4) is 11.5 Å². The molecule has 6 heteroatoms. The Hall–Kier alpha value is -2.12. The molecule has 1 spiro atoms. The van der Waals surface area contributed by atoms with E-state index in [1.165, 1.54) is 43.4 Å². The third kappa shape index (κ3) is 3.54. The van der Waals surface area contributed by atoms with Crippen molar-refractivity contribution in [2.75, 3.05) is 33.9 Å². The van der Waals surface area contributed by atoms with Crippen LogP contribution in [0.5, 0.6) is 11.5 Å². The fraction of sp³-hybridized carbons (Fsp3) is 0.636. The van der Waals surface area contributed by atoms with Crippen molar-refractivity contribution >= 4 is 0 Å². The number of nitrogens with zero attached hydrogens (tertiary/aromatic N) is 1. The first-order chi connectivity index (χ1) is 19.1. The molecule has 1 saturated heterocycles. The summed E-state index contributed by atoms with van der Waals surface area (Å²) in [7, 11) is 3.56. The third-order valence-electron chi connectivity index (χ3n) is 10.9. The average molecular weight is 532 g/mol. The molecular formula is C33H41NO5. The molecule has 2 bridgehead atoms. The van der Waals surface area contributed by atoms with E-state index in [2.05, 4.69) is 41.3 Å². The summed E-state index contributed by atoms with van der Waals surface area (Å²) in [6, 6.07) is 15.1. The number of likely N-dealkylation sites (tertiary alicyclic amines) is 1. The molecule has 4 fully saturated rings. The molecule has 0 N–H and O–H groups in total. The summed E-state index contributed by atoms with van der Waals surface area (Å²) in [4.78, 5) is 2.79. The number of rotatable bonds is 10. The van der Waals surface area contributed by atoms with Gasteiger partial charge in [0.05, 0.1) is 17.6 Å². The van der Waals surface area contributed by atoms with Gasteiger partial charge in [-0.1, -0.05) is 36.4 Å². The Labute approximate surface area is 231 Å². The number of benzene rings is 2. The van der Waals surface area contributed by atoms with Crippen LogP contribution in [0, 0.1) is 11.8 Å². The first kappa shape index (κ1) is 24.7. The van der Waals surface area contributed by atoms with Crippen LogP contribution in [0.1, 0.15) is 61.6 Å². The topological polar surface area (TPSA) is 49.4 Å². The highest BCUT2D eigenvalue weighted by Gasteiger charge is 2.77. The summed E-state index contributed by atoms with van der Waals surface area (Å²) in [6.45, 7) is 3.62. The quantitative estimate of drug-likeness (QED) is 0.390. The van der Waals surface area contributed by atoms with Gasteiger partial charge in [0.25, 0.3) is 0 Å². The summed E-state index contributed by atoms with van der Waals surface area (Å²) >= 11 is 0. The highest BCUT2D eigenvalue weighted by Crippen LogP contribution is 2.69. The molecule has 39 heavy (non-hydrogen) atoms. The van der Waals surface area contributed by atoms with Crippen molar-refractivity contribution < 1.29 is 23.7 Å². The van der Waals surface area contributed by atoms with Crippen molar-refractivity contribution in [3.63, 3.8) is 0 Å². The second-order valence-electron chi connectivity index (χ2n) is 12.9. The first-order valence-electron chi connectivity index (χ1n) is 15.1. The standard InChI is InChI=1S/C33H41NO5/c1-35-33(36-2)15-14-32(38-21-24-10-11-24)27-18-25-12-13-26(37-20-23-6-4-3-5-7-23)29-28(25)31(32,30(33)39-29)16-17-34(27)19-22-8-9-22/h3-7,12-13,22,24,27,30H,8-11,14-21H2,1-2H3/t27-,30?,31+,32-/m1/s1. The molecule has 6 aliphatic rings. The Morgan fingerprint density at radius 2 is 1.72 bits per heavy atom. The Kier molecular flexibility index (Phi) is 5.65. The lowest BCUT2D eigenvalue weighted by molar-refractivity contribution is -0.327. The van der Waals surface area contributed by atoms with E-state index in [1.807, 2.05) is 6.07 Å². The predicted molar refractivity (Wildman–Crippen MR) is 147 cm³/mol. The van der Waals surface area contributed by atoms with E-state index in [4.69, 9.17) is 23.7 Å². The average Bonchev–Trinajstić information content (AvgIpc) is 3.91. The Morgan fingerprint density at radius 1 is 0.923 bits per heavy atom. The summed E-state index contributed by atoms with van der Waals surface area (Å²) in [5.74, 6) is 2.44. The van der Waals surface area contributed by atoms with E-state index >= 15 is 0 Å². The van der Waals surface area contributed by atoms with Gasteiger partial charge in [-0.2, -0.15) is 0 Å². The molecule has 0 amide bonds. The van der Waals surface area contributed by atoms with Crippen LogP contribution in [-0.2, 0) is 32.7 Å². The van der Waals surface area contributed by atoms with Gasteiger partial charge in [-0.25, -0.2) is 0 Å². The summed E-state index contributed by atoms with van der Waals surface area (Å²) < 4.78 is 33.5. The number of piperidine rings is 1. The third-order valence-corrected chi connectivity index (χ3v) is 10.9. The Bertz CT molecular complexity index is 1240. The van der Waals surface area contributed by atoms with Crippen molar-refractivity contribution in [2.45, 2.75) is 86.9 Å².